The van der Waals surface area contributed by atoms with E-state index >= 15 is 0 Å². The van der Waals surface area contributed by atoms with Crippen LogP contribution in [0.25, 0.3) is 0 Å². The maximum Gasteiger partial charge on any atom is 0.00641 e. The molecule has 1 aliphatic rings. The average Bonchev–Trinajstić information content (AvgIpc) is 3.16. The summed E-state index contributed by atoms with van der Waals surface area (Å²) in [5.41, 5.74) is 0. The molecule has 1 saturated carbocycles. The zero-order valence-electron chi connectivity index (χ0n) is 12.1. The second-order valence-electron chi connectivity index (χ2n) is 5.92. The predicted molar refractivity (Wildman–Crippen MR) is 77.4 cm³/mol. The van der Waals surface area contributed by atoms with Crippen LogP contribution < -0.4 is 5.32 Å². The molecule has 1 N–H and O–H groups in total. The zero-order valence-corrected chi connectivity index (χ0v) is 12.1. The van der Waals surface area contributed by atoms with E-state index in [1.54, 1.807) is 0 Å². The molecular formula is C16H33N. The maximum atomic E-state index is 3.50. The van der Waals surface area contributed by atoms with Crippen LogP contribution in [-0.2, 0) is 0 Å². The van der Waals surface area contributed by atoms with Gasteiger partial charge in [0.05, 0.1) is 0 Å². The van der Waals surface area contributed by atoms with Crippen LogP contribution in [-0.4, -0.2) is 13.1 Å². The molecule has 17 heavy (non-hydrogen) atoms. The van der Waals surface area contributed by atoms with Crippen molar-refractivity contribution in [1.82, 2.24) is 5.32 Å². The number of unbranched alkanes of at least 4 members (excludes halogenated alkanes) is 6. The molecule has 0 aromatic carbocycles. The van der Waals surface area contributed by atoms with Crippen LogP contribution in [0.4, 0.5) is 0 Å². The molecular weight excluding hydrogens is 206 g/mol. The topological polar surface area (TPSA) is 12.0 Å². The van der Waals surface area contributed by atoms with Crippen molar-refractivity contribution in [2.45, 2.75) is 90.0 Å². The van der Waals surface area contributed by atoms with Gasteiger partial charge in [-0.3, -0.25) is 0 Å². The lowest BCUT2D eigenvalue weighted by Gasteiger charge is -2.15. The third-order valence-corrected chi connectivity index (χ3v) is 4.18. The first-order valence-corrected chi connectivity index (χ1v) is 8.04. The molecule has 0 amide bonds. The summed E-state index contributed by atoms with van der Waals surface area (Å²) in [5, 5.41) is 3.50. The fourth-order valence-electron chi connectivity index (χ4n) is 2.62. The van der Waals surface area contributed by atoms with Gasteiger partial charge in [0.1, 0.15) is 0 Å². The molecule has 1 heteroatoms. The van der Waals surface area contributed by atoms with Gasteiger partial charge in [0, 0.05) is 6.04 Å². The summed E-state index contributed by atoms with van der Waals surface area (Å²) >= 11 is 0. The summed E-state index contributed by atoms with van der Waals surface area (Å²) in [5.74, 6) is 1.10. The van der Waals surface area contributed by atoms with Crippen molar-refractivity contribution in [1.29, 1.82) is 0 Å². The Morgan fingerprint density at radius 1 is 0.941 bits per heavy atom. The summed E-state index contributed by atoms with van der Waals surface area (Å²) in [6.45, 7) is 2.29. The Morgan fingerprint density at radius 2 is 1.59 bits per heavy atom. The van der Waals surface area contributed by atoms with Gasteiger partial charge in [0.25, 0.3) is 0 Å². The van der Waals surface area contributed by atoms with E-state index in [9.17, 15) is 0 Å². The van der Waals surface area contributed by atoms with Crippen molar-refractivity contribution in [3.63, 3.8) is 0 Å². The molecule has 0 saturated heterocycles. The van der Waals surface area contributed by atoms with E-state index in [1.807, 2.05) is 0 Å². The van der Waals surface area contributed by atoms with Gasteiger partial charge in [-0.15, -0.1) is 0 Å². The lowest BCUT2D eigenvalue weighted by molar-refractivity contribution is 0.436. The number of hydrogen-bond donors (Lipinski definition) is 1. The molecule has 0 aliphatic heterocycles. The summed E-state index contributed by atoms with van der Waals surface area (Å²) in [6, 6.07) is 0.797. The van der Waals surface area contributed by atoms with Crippen molar-refractivity contribution in [2.75, 3.05) is 7.05 Å². The lowest BCUT2D eigenvalue weighted by atomic mass is 10.0. The van der Waals surface area contributed by atoms with E-state index in [2.05, 4.69) is 19.3 Å². The fraction of sp³-hybridized carbons (Fsp3) is 1.00. The van der Waals surface area contributed by atoms with Crippen molar-refractivity contribution in [3.05, 3.63) is 0 Å². The second-order valence-corrected chi connectivity index (χ2v) is 5.92. The van der Waals surface area contributed by atoms with Crippen LogP contribution in [0.5, 0.6) is 0 Å². The minimum atomic E-state index is 0.797. The predicted octanol–water partition coefficient (Wildman–Crippen LogP) is 4.91. The van der Waals surface area contributed by atoms with Crippen LogP contribution in [0.15, 0.2) is 0 Å². The second kappa shape index (κ2) is 9.94. The van der Waals surface area contributed by atoms with Gasteiger partial charge >= 0.3 is 0 Å². The first kappa shape index (κ1) is 15.0. The molecule has 0 bridgehead atoms. The molecule has 0 radical (unpaired) electrons. The third kappa shape index (κ3) is 8.65. The minimum absolute atomic E-state index is 0.797. The molecule has 1 unspecified atom stereocenters. The standard InChI is InChI=1S/C16H33N/c1-3-4-5-6-7-8-9-10-16(17-2)14-13-15-11-12-15/h15-17H,3-14H2,1-2H3. The van der Waals surface area contributed by atoms with E-state index in [4.69, 9.17) is 0 Å². The van der Waals surface area contributed by atoms with Crippen LogP contribution in [0, 0.1) is 5.92 Å². The maximum absolute atomic E-state index is 3.50. The van der Waals surface area contributed by atoms with Crippen LogP contribution in [0.1, 0.15) is 84.0 Å². The highest BCUT2D eigenvalue weighted by Crippen LogP contribution is 2.34. The Bertz CT molecular complexity index is 163. The van der Waals surface area contributed by atoms with E-state index < -0.39 is 0 Å². The Morgan fingerprint density at radius 3 is 2.18 bits per heavy atom. The van der Waals surface area contributed by atoms with Gasteiger partial charge in [0.15, 0.2) is 0 Å². The van der Waals surface area contributed by atoms with Crippen molar-refractivity contribution in [2.24, 2.45) is 5.92 Å². The van der Waals surface area contributed by atoms with Gasteiger partial charge < -0.3 is 5.32 Å². The average molecular weight is 239 g/mol. The molecule has 1 nitrogen and oxygen atoms in total. The van der Waals surface area contributed by atoms with Crippen molar-refractivity contribution in [3.8, 4) is 0 Å². The van der Waals surface area contributed by atoms with Crippen LogP contribution >= 0.6 is 0 Å². The van der Waals surface area contributed by atoms with E-state index in [0.29, 0.717) is 0 Å². The lowest BCUT2D eigenvalue weighted by Crippen LogP contribution is -2.25. The van der Waals surface area contributed by atoms with Gasteiger partial charge in [0.2, 0.25) is 0 Å². The Hall–Kier alpha value is -0.0400. The van der Waals surface area contributed by atoms with E-state index in [1.165, 1.54) is 77.0 Å². The summed E-state index contributed by atoms with van der Waals surface area (Å²) in [7, 11) is 2.14. The highest BCUT2D eigenvalue weighted by Gasteiger charge is 2.21. The molecule has 0 aromatic rings. The molecule has 1 aliphatic carbocycles. The van der Waals surface area contributed by atoms with Gasteiger partial charge in [-0.2, -0.15) is 0 Å². The normalized spacial score (nSPS) is 17.3. The van der Waals surface area contributed by atoms with Gasteiger partial charge in [-0.1, -0.05) is 64.7 Å². The van der Waals surface area contributed by atoms with Gasteiger partial charge in [-0.25, -0.2) is 0 Å². The Labute approximate surface area is 109 Å². The SMILES string of the molecule is CCCCCCCCCC(CCC1CC1)NC. The molecule has 0 heterocycles. The fourth-order valence-corrected chi connectivity index (χ4v) is 2.62. The molecule has 1 fully saturated rings. The van der Waals surface area contributed by atoms with Gasteiger partial charge in [-0.05, 0) is 32.2 Å². The first-order chi connectivity index (χ1) is 8.36. The first-order valence-electron chi connectivity index (χ1n) is 8.04. The zero-order chi connectivity index (χ0) is 12.3. The monoisotopic (exact) mass is 239 g/mol. The molecule has 102 valence electrons. The molecule has 1 atom stereocenters. The van der Waals surface area contributed by atoms with Crippen LogP contribution in [0.3, 0.4) is 0 Å². The summed E-state index contributed by atoms with van der Waals surface area (Å²) < 4.78 is 0. The third-order valence-electron chi connectivity index (χ3n) is 4.18. The minimum Gasteiger partial charge on any atom is -0.317 e. The van der Waals surface area contributed by atoms with Crippen LogP contribution in [0.2, 0.25) is 0 Å². The van der Waals surface area contributed by atoms with E-state index in [0.717, 1.165) is 12.0 Å². The molecule has 0 aromatic heterocycles. The Kier molecular flexibility index (Phi) is 8.78. The highest BCUT2D eigenvalue weighted by atomic mass is 14.9. The highest BCUT2D eigenvalue weighted by molar-refractivity contribution is 4.76. The Balaban J connectivity index is 1.84. The molecule has 0 spiro atoms. The quantitative estimate of drug-likeness (QED) is 0.477. The van der Waals surface area contributed by atoms with Crippen molar-refractivity contribution < 1.29 is 0 Å². The number of nitrogens with one attached hydrogen (secondary N) is 1. The smallest absolute Gasteiger partial charge is 0.00641 e. The van der Waals surface area contributed by atoms with Crippen molar-refractivity contribution >= 4 is 0 Å². The molecule has 1 rings (SSSR count). The largest absolute Gasteiger partial charge is 0.317 e. The summed E-state index contributed by atoms with van der Waals surface area (Å²) in [6.07, 6.45) is 17.3. The van der Waals surface area contributed by atoms with E-state index in [-0.39, 0.29) is 0 Å². The number of hydrogen-bond acceptors (Lipinski definition) is 1. The summed E-state index contributed by atoms with van der Waals surface area (Å²) in [4.78, 5) is 0. The number of rotatable bonds is 12.